The van der Waals surface area contributed by atoms with Crippen LogP contribution < -0.4 is 5.73 Å². The fourth-order valence-electron chi connectivity index (χ4n) is 1.41. The molecule has 1 atom stereocenters. The average molecular weight is 227 g/mol. The molecule has 4 heteroatoms. The molecule has 0 saturated heterocycles. The lowest BCUT2D eigenvalue weighted by Gasteiger charge is -2.08. The molecule has 1 aromatic heterocycles. The van der Waals surface area contributed by atoms with Gasteiger partial charge in [-0.3, -0.25) is 4.68 Å². The number of aromatic nitrogens is 2. The highest BCUT2D eigenvalue weighted by atomic mass is 32.2. The van der Waals surface area contributed by atoms with Crippen LogP contribution in [0.1, 0.15) is 39.3 Å². The minimum Gasteiger partial charge on any atom is -0.395 e. The normalized spacial score (nSPS) is 13.1. The topological polar surface area (TPSA) is 43.8 Å². The van der Waals surface area contributed by atoms with Crippen molar-refractivity contribution in [2.24, 2.45) is 7.05 Å². The van der Waals surface area contributed by atoms with Crippen LogP contribution in [0.25, 0.3) is 0 Å². The van der Waals surface area contributed by atoms with Crippen LogP contribution >= 0.6 is 11.8 Å². The number of rotatable bonds is 5. The standard InChI is InChI=1S/C11H21N3S/c1-5-7-9-10(12)11(14(4)13-9)15-8(3)6-2/h8H,5-7,12H2,1-4H3. The summed E-state index contributed by atoms with van der Waals surface area (Å²) in [7, 11) is 1.97. The lowest BCUT2D eigenvalue weighted by molar-refractivity contribution is 0.680. The molecule has 3 nitrogen and oxygen atoms in total. The van der Waals surface area contributed by atoms with Crippen molar-refractivity contribution < 1.29 is 0 Å². The molecule has 0 radical (unpaired) electrons. The molecule has 0 aliphatic carbocycles. The van der Waals surface area contributed by atoms with Gasteiger partial charge in [-0.2, -0.15) is 5.10 Å². The number of nitrogens with two attached hydrogens (primary N) is 1. The predicted molar refractivity (Wildman–Crippen MR) is 67.2 cm³/mol. The van der Waals surface area contributed by atoms with Crippen LogP contribution in [0.4, 0.5) is 5.69 Å². The van der Waals surface area contributed by atoms with Crippen molar-refractivity contribution in [3.63, 3.8) is 0 Å². The number of anilines is 1. The fourth-order valence-corrected chi connectivity index (χ4v) is 2.40. The molecule has 2 N–H and O–H groups in total. The van der Waals surface area contributed by atoms with E-state index in [1.165, 1.54) is 0 Å². The van der Waals surface area contributed by atoms with Gasteiger partial charge in [-0.15, -0.1) is 11.8 Å². The molecule has 0 aliphatic rings. The molecular formula is C11H21N3S. The van der Waals surface area contributed by atoms with E-state index < -0.39 is 0 Å². The summed E-state index contributed by atoms with van der Waals surface area (Å²) in [6.07, 6.45) is 3.22. The van der Waals surface area contributed by atoms with Crippen LogP contribution in [0.3, 0.4) is 0 Å². The SMILES string of the molecule is CCCc1nn(C)c(SC(C)CC)c1N. The molecule has 1 aromatic rings. The zero-order valence-electron chi connectivity index (χ0n) is 10.1. The van der Waals surface area contributed by atoms with Crippen LogP contribution in [0.2, 0.25) is 0 Å². The first-order chi connectivity index (χ1) is 7.10. The fraction of sp³-hybridized carbons (Fsp3) is 0.727. The number of aryl methyl sites for hydroxylation is 2. The zero-order valence-corrected chi connectivity index (χ0v) is 10.9. The van der Waals surface area contributed by atoms with Crippen molar-refractivity contribution in [2.75, 3.05) is 5.73 Å². The summed E-state index contributed by atoms with van der Waals surface area (Å²) in [6, 6.07) is 0. The minimum absolute atomic E-state index is 0.595. The summed E-state index contributed by atoms with van der Waals surface area (Å²) >= 11 is 1.82. The number of nitrogens with zero attached hydrogens (tertiary/aromatic N) is 2. The van der Waals surface area contributed by atoms with Gasteiger partial charge in [0.1, 0.15) is 5.03 Å². The summed E-state index contributed by atoms with van der Waals surface area (Å²) in [4.78, 5) is 0. The lowest BCUT2D eigenvalue weighted by Crippen LogP contribution is -1.99. The number of thioether (sulfide) groups is 1. The summed E-state index contributed by atoms with van der Waals surface area (Å²) in [5.74, 6) is 0. The molecule has 0 spiro atoms. The quantitative estimate of drug-likeness (QED) is 0.787. The molecule has 0 aliphatic heterocycles. The predicted octanol–water partition coefficient (Wildman–Crippen LogP) is 2.85. The van der Waals surface area contributed by atoms with Gasteiger partial charge in [-0.25, -0.2) is 0 Å². The molecule has 0 bridgehead atoms. The van der Waals surface area contributed by atoms with Crippen LogP contribution in [-0.2, 0) is 13.5 Å². The maximum absolute atomic E-state index is 6.09. The van der Waals surface area contributed by atoms with Crippen LogP contribution in [0.15, 0.2) is 5.03 Å². The summed E-state index contributed by atoms with van der Waals surface area (Å²) in [5, 5.41) is 6.17. The number of nitrogen functional groups attached to an aromatic ring is 1. The van der Waals surface area contributed by atoms with Gasteiger partial charge in [0, 0.05) is 12.3 Å². The Morgan fingerprint density at radius 3 is 2.67 bits per heavy atom. The third-order valence-corrected chi connectivity index (χ3v) is 3.92. The van der Waals surface area contributed by atoms with Crippen molar-refractivity contribution in [1.82, 2.24) is 9.78 Å². The lowest BCUT2D eigenvalue weighted by atomic mass is 10.2. The molecule has 0 saturated carbocycles. The Morgan fingerprint density at radius 1 is 1.47 bits per heavy atom. The van der Waals surface area contributed by atoms with Gasteiger partial charge in [-0.05, 0) is 12.8 Å². The Labute approximate surface area is 96.4 Å². The maximum atomic E-state index is 6.09. The molecule has 0 fully saturated rings. The highest BCUT2D eigenvalue weighted by Gasteiger charge is 2.14. The summed E-state index contributed by atoms with van der Waals surface area (Å²) in [6.45, 7) is 6.56. The van der Waals surface area contributed by atoms with E-state index in [9.17, 15) is 0 Å². The average Bonchev–Trinajstić information content (AvgIpc) is 2.46. The van der Waals surface area contributed by atoms with Crippen molar-refractivity contribution in [3.05, 3.63) is 5.69 Å². The van der Waals surface area contributed by atoms with Crippen LogP contribution in [0, 0.1) is 0 Å². The van der Waals surface area contributed by atoms with E-state index in [0.29, 0.717) is 5.25 Å². The van der Waals surface area contributed by atoms with Crippen molar-refractivity contribution >= 4 is 17.4 Å². The van der Waals surface area contributed by atoms with Crippen molar-refractivity contribution in [3.8, 4) is 0 Å². The van der Waals surface area contributed by atoms with Gasteiger partial charge in [0.2, 0.25) is 0 Å². The second-order valence-corrected chi connectivity index (χ2v) is 5.30. The smallest absolute Gasteiger partial charge is 0.117 e. The monoisotopic (exact) mass is 227 g/mol. The maximum Gasteiger partial charge on any atom is 0.117 e. The first kappa shape index (κ1) is 12.4. The molecule has 86 valence electrons. The molecular weight excluding hydrogens is 206 g/mol. The van der Waals surface area contributed by atoms with Crippen molar-refractivity contribution in [1.29, 1.82) is 0 Å². The van der Waals surface area contributed by atoms with E-state index in [1.807, 2.05) is 23.5 Å². The Hall–Kier alpha value is -0.640. The van der Waals surface area contributed by atoms with E-state index in [1.54, 1.807) is 0 Å². The highest BCUT2D eigenvalue weighted by Crippen LogP contribution is 2.32. The highest BCUT2D eigenvalue weighted by molar-refractivity contribution is 8.00. The Balaban J connectivity index is 2.87. The zero-order chi connectivity index (χ0) is 11.4. The first-order valence-corrected chi connectivity index (χ1v) is 6.46. The number of hydrogen-bond donors (Lipinski definition) is 1. The van der Waals surface area contributed by atoms with Gasteiger partial charge in [0.05, 0.1) is 11.4 Å². The third kappa shape index (κ3) is 2.91. The molecule has 15 heavy (non-hydrogen) atoms. The molecule has 1 unspecified atom stereocenters. The Kier molecular flexibility index (Phi) is 4.51. The van der Waals surface area contributed by atoms with E-state index >= 15 is 0 Å². The second kappa shape index (κ2) is 5.45. The van der Waals surface area contributed by atoms with Crippen LogP contribution in [-0.4, -0.2) is 15.0 Å². The Morgan fingerprint density at radius 2 is 2.13 bits per heavy atom. The van der Waals surface area contributed by atoms with Gasteiger partial charge in [-0.1, -0.05) is 27.2 Å². The number of hydrogen-bond acceptors (Lipinski definition) is 3. The van der Waals surface area contributed by atoms with E-state index in [-0.39, 0.29) is 0 Å². The molecule has 0 aromatic carbocycles. The van der Waals surface area contributed by atoms with Crippen LogP contribution in [0.5, 0.6) is 0 Å². The molecule has 1 rings (SSSR count). The first-order valence-electron chi connectivity index (χ1n) is 5.58. The van der Waals surface area contributed by atoms with Gasteiger partial charge in [0.25, 0.3) is 0 Å². The van der Waals surface area contributed by atoms with Gasteiger partial charge >= 0.3 is 0 Å². The second-order valence-electron chi connectivity index (χ2n) is 3.88. The van der Waals surface area contributed by atoms with Gasteiger partial charge in [0.15, 0.2) is 0 Å². The summed E-state index contributed by atoms with van der Waals surface area (Å²) in [5.41, 5.74) is 8.02. The van der Waals surface area contributed by atoms with Crippen molar-refractivity contribution in [2.45, 2.75) is 50.3 Å². The third-order valence-electron chi connectivity index (χ3n) is 2.48. The largest absolute Gasteiger partial charge is 0.395 e. The molecule has 0 amide bonds. The van der Waals surface area contributed by atoms with E-state index in [4.69, 9.17) is 5.73 Å². The Bertz CT molecular complexity index is 320. The summed E-state index contributed by atoms with van der Waals surface area (Å²) < 4.78 is 1.91. The van der Waals surface area contributed by atoms with E-state index in [0.717, 1.165) is 35.7 Å². The molecule has 1 heterocycles. The van der Waals surface area contributed by atoms with E-state index in [2.05, 4.69) is 25.9 Å². The van der Waals surface area contributed by atoms with Gasteiger partial charge < -0.3 is 5.73 Å². The minimum atomic E-state index is 0.595.